The third-order valence-corrected chi connectivity index (χ3v) is 13.6. The summed E-state index contributed by atoms with van der Waals surface area (Å²) in [5.41, 5.74) is 16.7. The summed E-state index contributed by atoms with van der Waals surface area (Å²) in [4.78, 5) is 16.4. The average molecular weight is 832 g/mol. The van der Waals surface area contributed by atoms with Gasteiger partial charge in [-0.3, -0.25) is 4.57 Å². The van der Waals surface area contributed by atoms with Crippen LogP contribution in [0.25, 0.3) is 111 Å². The van der Waals surface area contributed by atoms with Gasteiger partial charge in [-0.1, -0.05) is 202 Å². The third kappa shape index (κ3) is 5.62. The van der Waals surface area contributed by atoms with Gasteiger partial charge in [0.25, 0.3) is 0 Å². The van der Waals surface area contributed by atoms with Crippen molar-refractivity contribution in [3.63, 3.8) is 0 Å². The average Bonchev–Trinajstić information content (AvgIpc) is 3.97. The first-order valence-corrected chi connectivity index (χ1v) is 22.3. The highest BCUT2D eigenvalue weighted by Gasteiger charge is 2.37. The number of benzene rings is 9. The van der Waals surface area contributed by atoms with Gasteiger partial charge in [-0.15, -0.1) is 0 Å². The van der Waals surface area contributed by atoms with E-state index in [0.717, 1.165) is 71.7 Å². The maximum Gasteiger partial charge on any atom is 0.238 e. The van der Waals surface area contributed by atoms with E-state index in [4.69, 9.17) is 15.0 Å². The van der Waals surface area contributed by atoms with Crippen LogP contribution in [0, 0.1) is 0 Å². The van der Waals surface area contributed by atoms with E-state index in [1.807, 2.05) is 18.2 Å². The first kappa shape index (κ1) is 37.2. The Labute approximate surface area is 376 Å². The summed E-state index contributed by atoms with van der Waals surface area (Å²) < 4.78 is 4.77. The zero-order valence-corrected chi connectivity index (χ0v) is 35.9. The number of para-hydroxylation sites is 2. The molecule has 9 aromatic carbocycles. The standard InChI is InChI=1S/C60H41N5/c1-60(2)49-29-15-12-27-46(49)54-47(28-18-30-50(54)60)58-61-57(40-23-10-5-11-24-40)62-59(63-58)65-52-32-17-14-26-43(52)45-35-34-44-42-25-13-16-31-51(42)64(55(44)56(45)65)53-36-33-41(38-19-6-3-7-20-38)37-48(53)39-21-8-4-9-22-39/h3-37H,1-2H3. The molecule has 0 amide bonds. The lowest BCUT2D eigenvalue weighted by atomic mass is 9.82. The van der Waals surface area contributed by atoms with Crippen molar-refractivity contribution in [2.75, 3.05) is 0 Å². The van der Waals surface area contributed by atoms with Gasteiger partial charge in [-0.2, -0.15) is 9.97 Å². The molecule has 0 N–H and O–H groups in total. The summed E-state index contributed by atoms with van der Waals surface area (Å²) in [6, 6.07) is 76.0. The Bertz CT molecular complexity index is 3840. The van der Waals surface area contributed by atoms with E-state index in [-0.39, 0.29) is 5.41 Å². The van der Waals surface area contributed by atoms with Crippen LogP contribution in [0.1, 0.15) is 25.0 Å². The summed E-state index contributed by atoms with van der Waals surface area (Å²) >= 11 is 0. The predicted octanol–water partition coefficient (Wildman–Crippen LogP) is 15.0. The molecule has 0 fully saturated rings. The number of hydrogen-bond acceptors (Lipinski definition) is 3. The first-order valence-electron chi connectivity index (χ1n) is 22.3. The molecule has 5 nitrogen and oxygen atoms in total. The lowest BCUT2D eigenvalue weighted by Crippen LogP contribution is -2.14. The number of fused-ring (bicyclic) bond motifs is 10. The molecule has 0 spiro atoms. The van der Waals surface area contributed by atoms with Gasteiger partial charge in [0.2, 0.25) is 5.95 Å². The topological polar surface area (TPSA) is 48.5 Å². The lowest BCUT2D eigenvalue weighted by molar-refractivity contribution is 0.660. The van der Waals surface area contributed by atoms with Crippen LogP contribution in [-0.4, -0.2) is 24.1 Å². The second-order valence-corrected chi connectivity index (χ2v) is 17.6. The molecule has 13 rings (SSSR count). The fraction of sp³-hybridized carbons (Fsp3) is 0.0500. The second-order valence-electron chi connectivity index (χ2n) is 17.6. The summed E-state index contributed by atoms with van der Waals surface area (Å²) in [5, 5.41) is 4.58. The van der Waals surface area contributed by atoms with Gasteiger partial charge in [0.1, 0.15) is 0 Å². The van der Waals surface area contributed by atoms with Crippen molar-refractivity contribution in [2.24, 2.45) is 0 Å². The molecule has 0 atom stereocenters. The minimum absolute atomic E-state index is 0.177. The molecule has 12 aromatic rings. The predicted molar refractivity (Wildman–Crippen MR) is 268 cm³/mol. The van der Waals surface area contributed by atoms with Crippen LogP contribution in [0.2, 0.25) is 0 Å². The molecule has 65 heavy (non-hydrogen) atoms. The molecule has 5 heteroatoms. The van der Waals surface area contributed by atoms with Crippen molar-refractivity contribution in [1.29, 1.82) is 0 Å². The van der Waals surface area contributed by atoms with Crippen molar-refractivity contribution in [1.82, 2.24) is 24.1 Å². The van der Waals surface area contributed by atoms with E-state index in [9.17, 15) is 0 Å². The SMILES string of the molecule is CC1(C)c2ccccc2-c2c(-c3nc(-c4ccccc4)nc(-n4c5ccccc5c5ccc6c7ccccc7n(-c7ccc(-c8ccccc8)cc7-c7ccccc7)c6c54)n3)cccc21. The van der Waals surface area contributed by atoms with Gasteiger partial charge in [0.15, 0.2) is 11.6 Å². The van der Waals surface area contributed by atoms with Crippen LogP contribution in [0.3, 0.4) is 0 Å². The zero-order chi connectivity index (χ0) is 43.2. The lowest BCUT2D eigenvalue weighted by Gasteiger charge is -2.21. The van der Waals surface area contributed by atoms with Gasteiger partial charge >= 0.3 is 0 Å². The van der Waals surface area contributed by atoms with E-state index in [1.54, 1.807) is 0 Å². The highest BCUT2D eigenvalue weighted by molar-refractivity contribution is 6.24. The highest BCUT2D eigenvalue weighted by Crippen LogP contribution is 2.52. The third-order valence-electron chi connectivity index (χ3n) is 13.6. The molecule has 0 saturated carbocycles. The van der Waals surface area contributed by atoms with Crippen LogP contribution >= 0.6 is 0 Å². The molecule has 3 heterocycles. The van der Waals surface area contributed by atoms with E-state index < -0.39 is 0 Å². The van der Waals surface area contributed by atoms with Gasteiger partial charge in [-0.05, 0) is 63.2 Å². The van der Waals surface area contributed by atoms with Crippen LogP contribution < -0.4 is 0 Å². The van der Waals surface area contributed by atoms with Crippen LogP contribution in [0.4, 0.5) is 0 Å². The first-order chi connectivity index (χ1) is 32.0. The molecular weight excluding hydrogens is 791 g/mol. The fourth-order valence-electron chi connectivity index (χ4n) is 10.6. The molecule has 0 unspecified atom stereocenters. The largest absolute Gasteiger partial charge is 0.307 e. The molecule has 3 aromatic heterocycles. The van der Waals surface area contributed by atoms with Crippen LogP contribution in [-0.2, 0) is 5.41 Å². The van der Waals surface area contributed by atoms with E-state index >= 15 is 0 Å². The molecule has 306 valence electrons. The van der Waals surface area contributed by atoms with Gasteiger partial charge in [-0.25, -0.2) is 4.98 Å². The minimum Gasteiger partial charge on any atom is -0.307 e. The quantitative estimate of drug-likeness (QED) is 0.168. The van der Waals surface area contributed by atoms with Crippen molar-refractivity contribution >= 4 is 43.6 Å². The zero-order valence-electron chi connectivity index (χ0n) is 35.9. The number of aromatic nitrogens is 5. The van der Waals surface area contributed by atoms with Gasteiger partial charge in [0.05, 0.1) is 27.8 Å². The molecular formula is C60H41N5. The summed E-state index contributed by atoms with van der Waals surface area (Å²) in [6.07, 6.45) is 0. The van der Waals surface area contributed by atoms with E-state index in [2.05, 4.69) is 217 Å². The molecule has 0 bridgehead atoms. The van der Waals surface area contributed by atoms with Crippen molar-refractivity contribution < 1.29 is 0 Å². The highest BCUT2D eigenvalue weighted by atomic mass is 15.2. The van der Waals surface area contributed by atoms with Crippen molar-refractivity contribution in [3.05, 3.63) is 223 Å². The number of nitrogens with zero attached hydrogens (tertiary/aromatic N) is 5. The summed E-state index contributed by atoms with van der Waals surface area (Å²) in [6.45, 7) is 4.63. The van der Waals surface area contributed by atoms with Crippen LogP contribution in [0.5, 0.6) is 0 Å². The fourth-order valence-corrected chi connectivity index (χ4v) is 10.6. The van der Waals surface area contributed by atoms with Crippen molar-refractivity contribution in [3.8, 4) is 67.8 Å². The maximum atomic E-state index is 5.58. The van der Waals surface area contributed by atoms with Crippen molar-refractivity contribution in [2.45, 2.75) is 19.3 Å². The number of rotatable bonds is 6. The Balaban J connectivity index is 1.16. The Kier molecular flexibility index (Phi) is 8.18. The Morgan fingerprint density at radius 1 is 0.354 bits per heavy atom. The van der Waals surface area contributed by atoms with E-state index in [0.29, 0.717) is 17.6 Å². The van der Waals surface area contributed by atoms with Gasteiger partial charge in [0, 0.05) is 43.7 Å². The van der Waals surface area contributed by atoms with Gasteiger partial charge < -0.3 is 4.57 Å². The summed E-state index contributed by atoms with van der Waals surface area (Å²) in [7, 11) is 0. The molecule has 1 aliphatic rings. The maximum absolute atomic E-state index is 5.58. The summed E-state index contributed by atoms with van der Waals surface area (Å²) in [5.74, 6) is 1.82. The Hall–Kier alpha value is -8.41. The monoisotopic (exact) mass is 831 g/mol. The molecule has 0 saturated heterocycles. The Morgan fingerprint density at radius 2 is 0.892 bits per heavy atom. The van der Waals surface area contributed by atoms with Crippen LogP contribution in [0.15, 0.2) is 212 Å². The molecule has 0 radical (unpaired) electrons. The molecule has 1 aliphatic carbocycles. The Morgan fingerprint density at radius 3 is 1.60 bits per heavy atom. The minimum atomic E-state index is -0.177. The second kappa shape index (κ2) is 14.3. The number of hydrogen-bond donors (Lipinski definition) is 0. The molecule has 0 aliphatic heterocycles. The normalized spacial score (nSPS) is 12.9. The smallest absolute Gasteiger partial charge is 0.238 e. The van der Waals surface area contributed by atoms with E-state index in [1.165, 1.54) is 33.2 Å².